The number of hydrogen-bond acceptors (Lipinski definition) is 12. The van der Waals surface area contributed by atoms with Gasteiger partial charge in [0.2, 0.25) is 0 Å². The van der Waals surface area contributed by atoms with E-state index in [9.17, 15) is 22.9 Å². The molecule has 0 heterocycles. The van der Waals surface area contributed by atoms with Crippen LogP contribution in [0.5, 0.6) is 5.75 Å². The predicted octanol–water partition coefficient (Wildman–Crippen LogP) is 2.21. The number of hydrogen-bond donors (Lipinski definition) is 3. The van der Waals surface area contributed by atoms with Crippen molar-refractivity contribution in [2.24, 2.45) is 10.2 Å². The largest absolute Gasteiger partial charge is 0.505 e. The van der Waals surface area contributed by atoms with Crippen LogP contribution in [0.25, 0.3) is 10.8 Å². The van der Waals surface area contributed by atoms with Crippen molar-refractivity contribution in [3.05, 3.63) is 59.7 Å². The van der Waals surface area contributed by atoms with E-state index < -0.39 is 37.3 Å². The highest BCUT2D eigenvalue weighted by atomic mass is 32.2. The number of nitrogens with zero attached hydrogens (tertiary/aromatic N) is 2. The molecule has 0 aliphatic heterocycles. The summed E-state index contributed by atoms with van der Waals surface area (Å²) in [6, 6.07) is 11.7. The summed E-state index contributed by atoms with van der Waals surface area (Å²) in [5, 5.41) is 27.7. The third-order valence-electron chi connectivity index (χ3n) is 3.96. The van der Waals surface area contributed by atoms with E-state index in [1.165, 1.54) is 43.3 Å². The SMILES string of the molecule is Cc1ccc2c(O)c(N=Nc3ccccc3C(=O)O)ccc2c1S(=O)(=O)O.O=S(=O)=O.O=S(=O)=O. The molecule has 0 saturated carbocycles. The number of fused-ring (bicyclic) bond motifs is 1. The van der Waals surface area contributed by atoms with Crippen molar-refractivity contribution >= 4 is 59.5 Å². The second-order valence-corrected chi connectivity index (χ2v) is 8.32. The van der Waals surface area contributed by atoms with E-state index >= 15 is 0 Å². The maximum absolute atomic E-state index is 11.7. The normalized spacial score (nSPS) is 10.6. The fourth-order valence-electron chi connectivity index (χ4n) is 2.73. The molecule has 3 N–H and O–H groups in total. The van der Waals surface area contributed by atoms with Crippen molar-refractivity contribution < 1.29 is 53.2 Å². The van der Waals surface area contributed by atoms with Gasteiger partial charge in [-0.2, -0.15) is 8.42 Å². The number of carboxylic acid groups (broad SMARTS) is 1. The number of rotatable bonds is 4. The second-order valence-electron chi connectivity index (χ2n) is 6.15. The van der Waals surface area contributed by atoms with Gasteiger partial charge in [0.15, 0.2) is 5.75 Å². The number of carbonyl (C=O) groups is 1. The van der Waals surface area contributed by atoms with Crippen molar-refractivity contribution in [2.75, 3.05) is 0 Å². The molecule has 0 bridgehead atoms. The molecule has 0 aromatic heterocycles. The molecular weight excluding hydrogens is 532 g/mol. The molecule has 0 amide bonds. The van der Waals surface area contributed by atoms with Crippen molar-refractivity contribution in [1.82, 2.24) is 0 Å². The zero-order valence-electron chi connectivity index (χ0n) is 17.3. The molecule has 0 aliphatic carbocycles. The Morgan fingerprint density at radius 3 is 1.80 bits per heavy atom. The number of aryl methyl sites for hydroxylation is 1. The number of aromatic hydroxyl groups is 1. The minimum absolute atomic E-state index is 0.0211. The van der Waals surface area contributed by atoms with Gasteiger partial charge in [-0.05, 0) is 30.7 Å². The van der Waals surface area contributed by atoms with Crippen LogP contribution in [0, 0.1) is 6.92 Å². The van der Waals surface area contributed by atoms with Crippen LogP contribution < -0.4 is 0 Å². The zero-order chi connectivity index (χ0) is 26.9. The van der Waals surface area contributed by atoms with Crippen LogP contribution in [0.1, 0.15) is 15.9 Å². The average Bonchev–Trinajstić information content (AvgIpc) is 2.71. The van der Waals surface area contributed by atoms with Gasteiger partial charge < -0.3 is 10.2 Å². The van der Waals surface area contributed by atoms with Crippen LogP contribution in [-0.4, -0.2) is 54.4 Å². The molecule has 0 spiro atoms. The lowest BCUT2D eigenvalue weighted by Crippen LogP contribution is -2.02. The van der Waals surface area contributed by atoms with Crippen LogP contribution in [0.2, 0.25) is 0 Å². The number of phenols is 1. The number of azo groups is 1. The highest BCUT2D eigenvalue weighted by molar-refractivity contribution is 7.86. The Hall–Kier alpha value is -4.06. The maximum Gasteiger partial charge on any atom is 0.425 e. The van der Waals surface area contributed by atoms with E-state index in [2.05, 4.69) is 10.2 Å². The van der Waals surface area contributed by atoms with Crippen molar-refractivity contribution in [2.45, 2.75) is 11.8 Å². The average molecular weight is 547 g/mol. The van der Waals surface area contributed by atoms with Gasteiger partial charge in [0.25, 0.3) is 10.1 Å². The summed E-state index contributed by atoms with van der Waals surface area (Å²) < 4.78 is 83.4. The number of phenolic OH excluding ortho intramolecular Hbond substituents is 1. The van der Waals surface area contributed by atoms with Gasteiger partial charge in [-0.1, -0.05) is 30.3 Å². The van der Waals surface area contributed by atoms with Gasteiger partial charge in [-0.3, -0.25) is 4.55 Å². The maximum atomic E-state index is 11.7. The Bertz CT molecular complexity index is 1590. The molecule has 14 nitrogen and oxygen atoms in total. The molecule has 0 saturated heterocycles. The smallest absolute Gasteiger partial charge is 0.425 e. The Morgan fingerprint density at radius 1 is 0.800 bits per heavy atom. The lowest BCUT2D eigenvalue weighted by atomic mass is 10.1. The molecule has 3 aromatic rings. The molecule has 0 unspecified atom stereocenters. The van der Waals surface area contributed by atoms with Crippen LogP contribution in [0.15, 0.2) is 63.7 Å². The lowest BCUT2D eigenvalue weighted by Gasteiger charge is -2.10. The molecule has 35 heavy (non-hydrogen) atoms. The first-order valence-electron chi connectivity index (χ1n) is 8.67. The molecule has 3 aromatic carbocycles. The van der Waals surface area contributed by atoms with Gasteiger partial charge in [-0.15, -0.1) is 35.5 Å². The molecule has 0 fully saturated rings. The van der Waals surface area contributed by atoms with Gasteiger partial charge in [-0.25, -0.2) is 4.79 Å². The van der Waals surface area contributed by atoms with Crippen LogP contribution in [0.3, 0.4) is 0 Å². The standard InChI is InChI=1S/C18H14N2O6S.2O3S/c1-10-6-7-11-12(17(10)27(24,25)26)8-9-15(16(11)21)20-19-14-5-3-2-4-13(14)18(22)23;2*1-4(2)3/h2-9,21H,1H3,(H,22,23)(H,24,25,26);;. The topological polar surface area (TPSA) is 239 Å². The molecule has 3 rings (SSSR count). The Balaban J connectivity index is 0.000000668. The summed E-state index contributed by atoms with van der Waals surface area (Å²) in [6.07, 6.45) is 0. The summed E-state index contributed by atoms with van der Waals surface area (Å²) in [7, 11) is -10.7. The summed E-state index contributed by atoms with van der Waals surface area (Å²) in [6.45, 7) is 1.52. The number of carboxylic acids is 1. The molecule has 0 atom stereocenters. The summed E-state index contributed by atoms with van der Waals surface area (Å²) >= 11 is 0. The van der Waals surface area contributed by atoms with Crippen molar-refractivity contribution in [3.63, 3.8) is 0 Å². The van der Waals surface area contributed by atoms with Crippen LogP contribution in [0.4, 0.5) is 11.4 Å². The Morgan fingerprint density at radius 2 is 1.29 bits per heavy atom. The highest BCUT2D eigenvalue weighted by Crippen LogP contribution is 2.39. The summed E-state index contributed by atoms with van der Waals surface area (Å²) in [4.78, 5) is 10.9. The molecule has 0 aliphatic rings. The van der Waals surface area contributed by atoms with Gasteiger partial charge in [0, 0.05) is 10.8 Å². The van der Waals surface area contributed by atoms with E-state index in [0.29, 0.717) is 5.56 Å². The third-order valence-corrected chi connectivity index (χ3v) is 5.01. The van der Waals surface area contributed by atoms with Gasteiger partial charge in [0.05, 0.1) is 5.56 Å². The molecule has 17 heteroatoms. The molecule has 186 valence electrons. The van der Waals surface area contributed by atoms with E-state index in [4.69, 9.17) is 30.4 Å². The fourth-order valence-corrected chi connectivity index (χ4v) is 3.66. The molecule has 0 radical (unpaired) electrons. The minimum atomic E-state index is -4.49. The van der Waals surface area contributed by atoms with Crippen molar-refractivity contribution in [3.8, 4) is 5.75 Å². The van der Waals surface area contributed by atoms with E-state index in [1.807, 2.05) is 0 Å². The lowest BCUT2D eigenvalue weighted by molar-refractivity contribution is 0.0697. The van der Waals surface area contributed by atoms with Gasteiger partial charge >= 0.3 is 27.2 Å². The summed E-state index contributed by atoms with van der Waals surface area (Å²) in [5.74, 6) is -1.51. The van der Waals surface area contributed by atoms with E-state index in [-0.39, 0.29) is 38.4 Å². The van der Waals surface area contributed by atoms with Crippen LogP contribution in [-0.2, 0) is 31.3 Å². The Kier molecular flexibility index (Phi) is 10.3. The van der Waals surface area contributed by atoms with E-state index in [1.54, 1.807) is 12.1 Å². The first-order chi connectivity index (χ1) is 16.2. The second kappa shape index (κ2) is 12.4. The number of aromatic carboxylic acids is 1. The predicted molar refractivity (Wildman–Crippen MR) is 117 cm³/mol. The summed E-state index contributed by atoms with van der Waals surface area (Å²) in [5.41, 5.74) is 0.403. The van der Waals surface area contributed by atoms with Crippen molar-refractivity contribution in [1.29, 1.82) is 0 Å². The first kappa shape index (κ1) is 29.0. The number of benzene rings is 3. The first-order valence-corrected chi connectivity index (χ1v) is 12.1. The van der Waals surface area contributed by atoms with Gasteiger partial charge in [0.1, 0.15) is 16.3 Å². The highest BCUT2D eigenvalue weighted by Gasteiger charge is 2.19. The fraction of sp³-hybridized carbons (Fsp3) is 0.0556. The quantitative estimate of drug-likeness (QED) is 0.315. The van der Waals surface area contributed by atoms with Crippen LogP contribution >= 0.6 is 0 Å². The van der Waals surface area contributed by atoms with E-state index in [0.717, 1.165) is 0 Å². The zero-order valence-corrected chi connectivity index (χ0v) is 19.7. The monoisotopic (exact) mass is 546 g/mol. The minimum Gasteiger partial charge on any atom is -0.505 e. The Labute approximate surface area is 200 Å². The molecular formula is C18H14N2O12S3. The third kappa shape index (κ3) is 8.66.